The van der Waals surface area contributed by atoms with Gasteiger partial charge in [0.25, 0.3) is 0 Å². The van der Waals surface area contributed by atoms with E-state index in [2.05, 4.69) is 17.1 Å². The fourth-order valence-electron chi connectivity index (χ4n) is 2.89. The van der Waals surface area contributed by atoms with Gasteiger partial charge in [-0.1, -0.05) is 6.92 Å². The Morgan fingerprint density at radius 2 is 2.19 bits per heavy atom. The molecule has 0 spiro atoms. The molecule has 1 heterocycles. The van der Waals surface area contributed by atoms with Gasteiger partial charge in [0.2, 0.25) is 0 Å². The molecule has 0 aromatic carbocycles. The van der Waals surface area contributed by atoms with Crippen molar-refractivity contribution in [2.45, 2.75) is 50.7 Å². The fraction of sp³-hybridized carbons (Fsp3) is 1.00. The fourth-order valence-corrected chi connectivity index (χ4v) is 2.89. The molecule has 1 aliphatic carbocycles. The molecule has 0 aromatic heterocycles. The molecule has 3 heteroatoms. The van der Waals surface area contributed by atoms with Crippen LogP contribution in [0, 0.1) is 0 Å². The van der Waals surface area contributed by atoms with E-state index in [1.54, 1.807) is 0 Å². The molecular formula is C13H26N2O. The SMILES string of the molecule is CCC1CCN(CC2(OC)CCC2)CCN1. The van der Waals surface area contributed by atoms with E-state index in [0.29, 0.717) is 0 Å². The van der Waals surface area contributed by atoms with Crippen LogP contribution in [0.2, 0.25) is 0 Å². The standard InChI is InChI=1S/C13H26N2O/c1-3-12-5-9-15(10-8-14-12)11-13(16-2)6-4-7-13/h12,14H,3-11H2,1-2H3. The van der Waals surface area contributed by atoms with Crippen LogP contribution in [-0.4, -0.2) is 49.8 Å². The highest BCUT2D eigenvalue weighted by Crippen LogP contribution is 2.35. The molecule has 16 heavy (non-hydrogen) atoms. The second-order valence-electron chi connectivity index (χ2n) is 5.36. The molecule has 94 valence electrons. The second kappa shape index (κ2) is 5.48. The van der Waals surface area contributed by atoms with Crippen LogP contribution < -0.4 is 5.32 Å². The van der Waals surface area contributed by atoms with Crippen molar-refractivity contribution >= 4 is 0 Å². The van der Waals surface area contributed by atoms with Gasteiger partial charge in [0.15, 0.2) is 0 Å². The monoisotopic (exact) mass is 226 g/mol. The van der Waals surface area contributed by atoms with Crippen LogP contribution in [0.15, 0.2) is 0 Å². The highest BCUT2D eigenvalue weighted by atomic mass is 16.5. The lowest BCUT2D eigenvalue weighted by Gasteiger charge is -2.43. The molecule has 2 aliphatic rings. The van der Waals surface area contributed by atoms with E-state index in [1.807, 2.05) is 7.11 Å². The summed E-state index contributed by atoms with van der Waals surface area (Å²) < 4.78 is 5.71. The molecule has 0 aromatic rings. The zero-order chi connectivity index (χ0) is 11.4. The average molecular weight is 226 g/mol. The van der Waals surface area contributed by atoms with E-state index in [9.17, 15) is 0 Å². The van der Waals surface area contributed by atoms with Crippen LogP contribution in [0.1, 0.15) is 39.0 Å². The second-order valence-corrected chi connectivity index (χ2v) is 5.36. The van der Waals surface area contributed by atoms with Crippen molar-refractivity contribution in [2.24, 2.45) is 0 Å². The van der Waals surface area contributed by atoms with Crippen LogP contribution in [0.25, 0.3) is 0 Å². The first-order valence-electron chi connectivity index (χ1n) is 6.79. The van der Waals surface area contributed by atoms with Gasteiger partial charge in [0.1, 0.15) is 0 Å². The summed E-state index contributed by atoms with van der Waals surface area (Å²) >= 11 is 0. The summed E-state index contributed by atoms with van der Waals surface area (Å²) in [7, 11) is 1.88. The third-order valence-electron chi connectivity index (χ3n) is 4.36. The normalized spacial score (nSPS) is 30.8. The molecule has 1 saturated heterocycles. The van der Waals surface area contributed by atoms with Gasteiger partial charge in [-0.3, -0.25) is 4.90 Å². The van der Waals surface area contributed by atoms with Crippen molar-refractivity contribution in [3.8, 4) is 0 Å². The van der Waals surface area contributed by atoms with E-state index in [0.717, 1.165) is 19.1 Å². The van der Waals surface area contributed by atoms with Gasteiger partial charge in [0, 0.05) is 32.8 Å². The van der Waals surface area contributed by atoms with E-state index < -0.39 is 0 Å². The number of nitrogens with one attached hydrogen (secondary N) is 1. The van der Waals surface area contributed by atoms with Gasteiger partial charge >= 0.3 is 0 Å². The summed E-state index contributed by atoms with van der Waals surface area (Å²) in [6, 6.07) is 0.727. The highest BCUT2D eigenvalue weighted by molar-refractivity contribution is 4.93. The smallest absolute Gasteiger partial charge is 0.0805 e. The van der Waals surface area contributed by atoms with Gasteiger partial charge in [0.05, 0.1) is 5.60 Å². The molecular weight excluding hydrogens is 200 g/mol. The summed E-state index contributed by atoms with van der Waals surface area (Å²) in [5.74, 6) is 0. The zero-order valence-electron chi connectivity index (χ0n) is 10.8. The topological polar surface area (TPSA) is 24.5 Å². The van der Waals surface area contributed by atoms with Crippen molar-refractivity contribution in [3.63, 3.8) is 0 Å². The summed E-state index contributed by atoms with van der Waals surface area (Å²) in [6.45, 7) is 6.97. The average Bonchev–Trinajstić information content (AvgIpc) is 2.48. The van der Waals surface area contributed by atoms with Gasteiger partial charge in [-0.05, 0) is 38.6 Å². The molecule has 1 atom stereocenters. The Morgan fingerprint density at radius 1 is 1.38 bits per heavy atom. The summed E-state index contributed by atoms with van der Waals surface area (Å²) in [6.07, 6.45) is 6.40. The third kappa shape index (κ3) is 2.76. The Kier molecular flexibility index (Phi) is 4.22. The number of ether oxygens (including phenoxy) is 1. The Bertz CT molecular complexity index is 210. The first-order valence-corrected chi connectivity index (χ1v) is 6.79. The van der Waals surface area contributed by atoms with Gasteiger partial charge in [-0.25, -0.2) is 0 Å². The predicted octanol–water partition coefficient (Wildman–Crippen LogP) is 1.63. The van der Waals surface area contributed by atoms with Crippen molar-refractivity contribution in [2.75, 3.05) is 33.3 Å². The maximum absolute atomic E-state index is 5.71. The minimum Gasteiger partial charge on any atom is -0.377 e. The molecule has 0 amide bonds. The molecule has 1 saturated carbocycles. The summed E-state index contributed by atoms with van der Waals surface area (Å²) in [4.78, 5) is 2.59. The van der Waals surface area contributed by atoms with Crippen LogP contribution in [0.4, 0.5) is 0 Å². The summed E-state index contributed by atoms with van der Waals surface area (Å²) in [5.41, 5.74) is 0.200. The molecule has 1 aliphatic heterocycles. The van der Waals surface area contributed by atoms with Crippen LogP contribution >= 0.6 is 0 Å². The lowest BCUT2D eigenvalue weighted by atomic mass is 9.79. The Hall–Kier alpha value is -0.120. The Morgan fingerprint density at radius 3 is 2.75 bits per heavy atom. The first-order chi connectivity index (χ1) is 7.78. The Labute approximate surface area is 99.5 Å². The third-order valence-corrected chi connectivity index (χ3v) is 4.36. The zero-order valence-corrected chi connectivity index (χ0v) is 10.8. The quantitative estimate of drug-likeness (QED) is 0.788. The lowest BCUT2D eigenvalue weighted by molar-refractivity contribution is -0.0906. The molecule has 3 nitrogen and oxygen atoms in total. The van der Waals surface area contributed by atoms with E-state index >= 15 is 0 Å². The molecule has 0 bridgehead atoms. The van der Waals surface area contributed by atoms with Gasteiger partial charge < -0.3 is 10.1 Å². The summed E-state index contributed by atoms with van der Waals surface area (Å²) in [5, 5.41) is 3.62. The van der Waals surface area contributed by atoms with Crippen LogP contribution in [0.3, 0.4) is 0 Å². The Balaban J connectivity index is 1.81. The number of rotatable bonds is 4. The minimum absolute atomic E-state index is 0.200. The van der Waals surface area contributed by atoms with Crippen molar-refractivity contribution < 1.29 is 4.74 Å². The first kappa shape index (κ1) is 12.3. The molecule has 1 N–H and O–H groups in total. The van der Waals surface area contributed by atoms with Crippen LogP contribution in [0.5, 0.6) is 0 Å². The molecule has 2 rings (SSSR count). The maximum Gasteiger partial charge on any atom is 0.0805 e. The van der Waals surface area contributed by atoms with Gasteiger partial charge in [-0.15, -0.1) is 0 Å². The number of nitrogens with zero attached hydrogens (tertiary/aromatic N) is 1. The number of hydrogen-bond acceptors (Lipinski definition) is 3. The van der Waals surface area contributed by atoms with E-state index in [-0.39, 0.29) is 5.60 Å². The van der Waals surface area contributed by atoms with E-state index in [1.165, 1.54) is 45.2 Å². The molecule has 2 fully saturated rings. The molecule has 0 radical (unpaired) electrons. The van der Waals surface area contributed by atoms with Crippen molar-refractivity contribution in [1.82, 2.24) is 10.2 Å². The predicted molar refractivity (Wildman–Crippen MR) is 66.7 cm³/mol. The molecule has 1 unspecified atom stereocenters. The van der Waals surface area contributed by atoms with Crippen molar-refractivity contribution in [3.05, 3.63) is 0 Å². The number of hydrogen-bond donors (Lipinski definition) is 1. The van der Waals surface area contributed by atoms with E-state index in [4.69, 9.17) is 4.74 Å². The minimum atomic E-state index is 0.200. The highest BCUT2D eigenvalue weighted by Gasteiger charge is 2.38. The lowest BCUT2D eigenvalue weighted by Crippen LogP contribution is -2.50. The number of methoxy groups -OCH3 is 1. The van der Waals surface area contributed by atoms with Crippen LogP contribution in [-0.2, 0) is 4.74 Å². The van der Waals surface area contributed by atoms with Gasteiger partial charge in [-0.2, -0.15) is 0 Å². The maximum atomic E-state index is 5.71. The largest absolute Gasteiger partial charge is 0.377 e. The van der Waals surface area contributed by atoms with Crippen molar-refractivity contribution in [1.29, 1.82) is 0 Å².